The highest BCUT2D eigenvalue weighted by Crippen LogP contribution is 2.05. The predicted molar refractivity (Wildman–Crippen MR) is 53.0 cm³/mol. The Morgan fingerprint density at radius 1 is 1.50 bits per heavy atom. The largest absolute Gasteiger partial charge is 0.383 e. The van der Waals surface area contributed by atoms with Gasteiger partial charge in [-0.2, -0.15) is 0 Å². The molecule has 1 heterocycles. The third-order valence-electron chi connectivity index (χ3n) is 2.40. The first-order valence-corrected chi connectivity index (χ1v) is 4.92. The van der Waals surface area contributed by atoms with Crippen LogP contribution in [0.15, 0.2) is 12.3 Å². The molecule has 0 aromatic carbocycles. The van der Waals surface area contributed by atoms with E-state index in [1.165, 1.54) is 12.8 Å². The third-order valence-corrected chi connectivity index (χ3v) is 2.40. The number of hydrogen-bond donors (Lipinski definition) is 2. The van der Waals surface area contributed by atoms with Crippen LogP contribution >= 0.6 is 0 Å². The summed E-state index contributed by atoms with van der Waals surface area (Å²) in [6.45, 7) is 6.71. The van der Waals surface area contributed by atoms with Crippen LogP contribution in [0.1, 0.15) is 33.6 Å². The molecule has 0 aromatic rings. The molecule has 70 valence electrons. The van der Waals surface area contributed by atoms with E-state index >= 15 is 0 Å². The van der Waals surface area contributed by atoms with Gasteiger partial charge in [-0.3, -0.25) is 0 Å². The Morgan fingerprint density at radius 2 is 2.17 bits per heavy atom. The van der Waals surface area contributed by atoms with Crippen LogP contribution in [0.25, 0.3) is 0 Å². The first-order valence-electron chi connectivity index (χ1n) is 4.92. The van der Waals surface area contributed by atoms with Crippen molar-refractivity contribution in [3.63, 3.8) is 0 Å². The summed E-state index contributed by atoms with van der Waals surface area (Å²) in [5.41, 5.74) is 0. The molecule has 0 aromatic heterocycles. The average molecular weight is 168 g/mol. The molecule has 12 heavy (non-hydrogen) atoms. The molecule has 0 radical (unpaired) electrons. The van der Waals surface area contributed by atoms with Gasteiger partial charge in [-0.05, 0) is 32.5 Å². The second-order valence-corrected chi connectivity index (χ2v) is 3.70. The normalized spacial score (nSPS) is 25.8. The lowest BCUT2D eigenvalue weighted by Crippen LogP contribution is -2.50. The standard InChI is InChI=1S/C10H20N2/c1-4-5-8(2)12-9(3)10-6-7-11-10/h6-12H,4-5H2,1-3H3. The quantitative estimate of drug-likeness (QED) is 0.652. The van der Waals surface area contributed by atoms with Crippen molar-refractivity contribution in [2.24, 2.45) is 0 Å². The first kappa shape index (κ1) is 9.59. The van der Waals surface area contributed by atoms with E-state index in [0.29, 0.717) is 18.1 Å². The van der Waals surface area contributed by atoms with E-state index in [0.717, 1.165) is 0 Å². The van der Waals surface area contributed by atoms with E-state index in [2.05, 4.69) is 37.5 Å². The topological polar surface area (TPSA) is 24.1 Å². The van der Waals surface area contributed by atoms with E-state index in [1.807, 2.05) is 6.20 Å². The van der Waals surface area contributed by atoms with Gasteiger partial charge in [0.25, 0.3) is 0 Å². The van der Waals surface area contributed by atoms with E-state index in [4.69, 9.17) is 0 Å². The summed E-state index contributed by atoms with van der Waals surface area (Å²) in [7, 11) is 0. The maximum Gasteiger partial charge on any atom is 0.0606 e. The van der Waals surface area contributed by atoms with E-state index in [9.17, 15) is 0 Å². The monoisotopic (exact) mass is 168 g/mol. The highest BCUT2D eigenvalue weighted by atomic mass is 15.0. The lowest BCUT2D eigenvalue weighted by Gasteiger charge is -2.30. The smallest absolute Gasteiger partial charge is 0.0606 e. The summed E-state index contributed by atoms with van der Waals surface area (Å²) in [5, 5.41) is 6.82. The van der Waals surface area contributed by atoms with Crippen LogP contribution in [0.5, 0.6) is 0 Å². The molecule has 0 spiro atoms. The average Bonchev–Trinajstić information content (AvgIpc) is 1.82. The predicted octanol–water partition coefficient (Wildman–Crippen LogP) is 1.64. The Kier molecular flexibility index (Phi) is 3.60. The highest BCUT2D eigenvalue weighted by molar-refractivity contribution is 5.08. The fraction of sp³-hybridized carbons (Fsp3) is 0.800. The van der Waals surface area contributed by atoms with Gasteiger partial charge >= 0.3 is 0 Å². The van der Waals surface area contributed by atoms with E-state index < -0.39 is 0 Å². The van der Waals surface area contributed by atoms with Crippen LogP contribution < -0.4 is 10.6 Å². The summed E-state index contributed by atoms with van der Waals surface area (Å²) in [6, 6.07) is 1.74. The minimum Gasteiger partial charge on any atom is -0.383 e. The van der Waals surface area contributed by atoms with Gasteiger partial charge in [-0.15, -0.1) is 0 Å². The van der Waals surface area contributed by atoms with Crippen LogP contribution in [0.3, 0.4) is 0 Å². The fourth-order valence-corrected chi connectivity index (χ4v) is 1.59. The summed E-state index contributed by atoms with van der Waals surface area (Å²) in [4.78, 5) is 0. The van der Waals surface area contributed by atoms with E-state index in [1.54, 1.807) is 0 Å². The Balaban J connectivity index is 2.16. The van der Waals surface area contributed by atoms with Gasteiger partial charge in [0.2, 0.25) is 0 Å². The summed E-state index contributed by atoms with van der Waals surface area (Å²) in [6.07, 6.45) is 6.74. The third kappa shape index (κ3) is 2.52. The molecule has 0 amide bonds. The summed E-state index contributed by atoms with van der Waals surface area (Å²) >= 11 is 0. The lowest BCUT2D eigenvalue weighted by atomic mass is 10.0. The molecular formula is C10H20N2. The van der Waals surface area contributed by atoms with Crippen molar-refractivity contribution in [3.05, 3.63) is 12.3 Å². The van der Waals surface area contributed by atoms with Gasteiger partial charge in [-0.25, -0.2) is 0 Å². The fourth-order valence-electron chi connectivity index (χ4n) is 1.59. The molecule has 3 unspecified atom stereocenters. The molecule has 0 aliphatic carbocycles. The van der Waals surface area contributed by atoms with Crippen molar-refractivity contribution in [2.75, 3.05) is 0 Å². The van der Waals surface area contributed by atoms with Crippen molar-refractivity contribution >= 4 is 0 Å². The molecule has 0 bridgehead atoms. The second kappa shape index (κ2) is 4.51. The van der Waals surface area contributed by atoms with Gasteiger partial charge < -0.3 is 10.6 Å². The molecule has 0 fully saturated rings. The maximum absolute atomic E-state index is 3.57. The second-order valence-electron chi connectivity index (χ2n) is 3.70. The summed E-state index contributed by atoms with van der Waals surface area (Å²) < 4.78 is 0. The number of nitrogens with one attached hydrogen (secondary N) is 2. The number of rotatable bonds is 5. The Labute approximate surface area is 75.4 Å². The van der Waals surface area contributed by atoms with Gasteiger partial charge in [0.15, 0.2) is 0 Å². The van der Waals surface area contributed by atoms with Crippen molar-refractivity contribution in [3.8, 4) is 0 Å². The Hall–Kier alpha value is -0.500. The minimum absolute atomic E-state index is 0.546. The molecule has 2 N–H and O–H groups in total. The molecular weight excluding hydrogens is 148 g/mol. The molecule has 1 aliphatic rings. The summed E-state index contributed by atoms with van der Waals surface area (Å²) in [5.74, 6) is 0. The van der Waals surface area contributed by atoms with Crippen LogP contribution in [-0.4, -0.2) is 18.1 Å². The minimum atomic E-state index is 0.546. The van der Waals surface area contributed by atoms with Crippen LogP contribution in [0.4, 0.5) is 0 Å². The van der Waals surface area contributed by atoms with Gasteiger partial charge in [0, 0.05) is 12.1 Å². The lowest BCUT2D eigenvalue weighted by molar-refractivity contribution is 0.388. The first-order chi connectivity index (χ1) is 5.74. The SMILES string of the molecule is CCCC(C)NC(C)C1C=CN1. The molecule has 1 rings (SSSR count). The Morgan fingerprint density at radius 3 is 2.58 bits per heavy atom. The van der Waals surface area contributed by atoms with Crippen molar-refractivity contribution in [1.29, 1.82) is 0 Å². The van der Waals surface area contributed by atoms with Crippen molar-refractivity contribution in [2.45, 2.75) is 51.7 Å². The molecule has 2 heteroatoms. The molecule has 3 atom stereocenters. The number of hydrogen-bond acceptors (Lipinski definition) is 2. The van der Waals surface area contributed by atoms with Gasteiger partial charge in [-0.1, -0.05) is 13.3 Å². The zero-order valence-corrected chi connectivity index (χ0v) is 8.30. The zero-order chi connectivity index (χ0) is 8.97. The van der Waals surface area contributed by atoms with Crippen LogP contribution in [-0.2, 0) is 0 Å². The van der Waals surface area contributed by atoms with E-state index in [-0.39, 0.29) is 0 Å². The van der Waals surface area contributed by atoms with Gasteiger partial charge in [0.05, 0.1) is 6.04 Å². The molecule has 1 aliphatic heterocycles. The molecule has 0 saturated carbocycles. The zero-order valence-electron chi connectivity index (χ0n) is 8.30. The van der Waals surface area contributed by atoms with Crippen molar-refractivity contribution < 1.29 is 0 Å². The maximum atomic E-state index is 3.57. The van der Waals surface area contributed by atoms with Crippen LogP contribution in [0, 0.1) is 0 Å². The molecule has 0 saturated heterocycles. The van der Waals surface area contributed by atoms with Crippen LogP contribution in [0.2, 0.25) is 0 Å². The highest BCUT2D eigenvalue weighted by Gasteiger charge is 2.18. The Bertz CT molecular complexity index is 154. The van der Waals surface area contributed by atoms with Crippen molar-refractivity contribution in [1.82, 2.24) is 10.6 Å². The van der Waals surface area contributed by atoms with Gasteiger partial charge in [0.1, 0.15) is 0 Å². The molecule has 2 nitrogen and oxygen atoms in total.